The second-order valence-electron chi connectivity index (χ2n) is 2.54. The van der Waals surface area contributed by atoms with Gasteiger partial charge in [-0.05, 0) is 24.1 Å². The quantitative estimate of drug-likeness (QED) is 0.666. The summed E-state index contributed by atoms with van der Waals surface area (Å²) in [6, 6.07) is 5.35. The molecule has 0 aliphatic carbocycles. The molecule has 0 aliphatic heterocycles. The first-order valence-electron chi connectivity index (χ1n) is 3.54. The number of hydrogen-bond acceptors (Lipinski definition) is 1. The van der Waals surface area contributed by atoms with Crippen LogP contribution < -0.4 is 0 Å². The lowest BCUT2D eigenvalue weighted by atomic mass is 10.0. The van der Waals surface area contributed by atoms with Crippen LogP contribution >= 0.6 is 22.6 Å². The van der Waals surface area contributed by atoms with Crippen LogP contribution in [0.4, 0.5) is 0 Å². The highest BCUT2D eigenvalue weighted by molar-refractivity contribution is 14.1. The van der Waals surface area contributed by atoms with E-state index in [9.17, 15) is 4.79 Å². The molecular weight excluding hydrogens is 267 g/mol. The van der Waals surface area contributed by atoms with E-state index in [2.05, 4.69) is 22.6 Å². The average Bonchev–Trinajstić information content (AvgIpc) is 2.03. The molecule has 0 bridgehead atoms. The normalized spacial score (nSPS) is 9.83. The zero-order valence-corrected chi connectivity index (χ0v) is 8.83. The Hall–Kier alpha value is -0.580. The number of carboxylic acid groups (broad SMARTS) is 1. The number of halogens is 1. The Morgan fingerprint density at radius 2 is 2.25 bits per heavy atom. The molecule has 0 radical (unpaired) electrons. The monoisotopic (exact) mass is 276 g/mol. The summed E-state index contributed by atoms with van der Waals surface area (Å²) in [5.74, 6) is -0.842. The minimum absolute atomic E-state index is 0.421. The molecule has 0 saturated heterocycles. The van der Waals surface area contributed by atoms with Gasteiger partial charge < -0.3 is 5.11 Å². The average molecular weight is 276 g/mol. The smallest absolute Gasteiger partial charge is 0.336 e. The highest BCUT2D eigenvalue weighted by Gasteiger charge is 2.09. The topological polar surface area (TPSA) is 37.3 Å². The van der Waals surface area contributed by atoms with Crippen LogP contribution in [-0.4, -0.2) is 11.1 Å². The van der Waals surface area contributed by atoms with Gasteiger partial charge >= 0.3 is 5.97 Å². The van der Waals surface area contributed by atoms with E-state index >= 15 is 0 Å². The molecule has 0 heterocycles. The molecule has 0 amide bonds. The number of carboxylic acids is 1. The fourth-order valence-corrected chi connectivity index (χ4v) is 2.09. The van der Waals surface area contributed by atoms with Crippen molar-refractivity contribution in [2.24, 2.45) is 0 Å². The number of aryl methyl sites for hydroxylation is 1. The van der Waals surface area contributed by atoms with Crippen molar-refractivity contribution in [3.63, 3.8) is 0 Å². The Morgan fingerprint density at radius 3 is 2.67 bits per heavy atom. The van der Waals surface area contributed by atoms with Crippen LogP contribution in [0, 0.1) is 6.92 Å². The lowest BCUT2D eigenvalue weighted by Gasteiger charge is -2.05. The maximum absolute atomic E-state index is 10.7. The molecule has 1 aromatic carbocycles. The maximum Gasteiger partial charge on any atom is 0.336 e. The van der Waals surface area contributed by atoms with Crippen molar-refractivity contribution < 1.29 is 9.90 Å². The molecule has 3 heteroatoms. The number of aromatic carboxylic acids is 1. The van der Waals surface area contributed by atoms with Crippen molar-refractivity contribution in [2.45, 2.75) is 11.4 Å². The highest BCUT2D eigenvalue weighted by Crippen LogP contribution is 2.17. The van der Waals surface area contributed by atoms with Crippen LogP contribution in [0.3, 0.4) is 0 Å². The Labute approximate surface area is 84.7 Å². The van der Waals surface area contributed by atoms with Crippen LogP contribution in [-0.2, 0) is 4.43 Å². The first-order valence-corrected chi connectivity index (χ1v) is 5.07. The summed E-state index contributed by atoms with van der Waals surface area (Å²) in [5.41, 5.74) is 2.39. The number of benzene rings is 1. The third kappa shape index (κ3) is 1.77. The summed E-state index contributed by atoms with van der Waals surface area (Å²) >= 11 is 2.17. The zero-order chi connectivity index (χ0) is 9.14. The van der Waals surface area contributed by atoms with Gasteiger partial charge in [0.15, 0.2) is 0 Å². The number of hydrogen-bond donors (Lipinski definition) is 1. The van der Waals surface area contributed by atoms with E-state index < -0.39 is 5.97 Å². The van der Waals surface area contributed by atoms with E-state index in [4.69, 9.17) is 5.11 Å². The van der Waals surface area contributed by atoms with Crippen LogP contribution in [0.2, 0.25) is 0 Å². The fourth-order valence-electron chi connectivity index (χ4n) is 1.08. The largest absolute Gasteiger partial charge is 0.478 e. The molecule has 0 aromatic heterocycles. The Bertz CT molecular complexity index is 307. The van der Waals surface area contributed by atoms with Crippen molar-refractivity contribution in [3.8, 4) is 0 Å². The zero-order valence-electron chi connectivity index (χ0n) is 6.67. The predicted octanol–water partition coefficient (Wildman–Crippen LogP) is 2.63. The molecule has 0 saturated carbocycles. The number of alkyl halides is 1. The van der Waals surface area contributed by atoms with Crippen LogP contribution in [0.1, 0.15) is 21.5 Å². The summed E-state index contributed by atoms with van der Waals surface area (Å²) in [5, 5.41) is 8.82. The van der Waals surface area contributed by atoms with E-state index in [1.54, 1.807) is 12.1 Å². The first kappa shape index (κ1) is 9.51. The number of rotatable bonds is 2. The molecule has 0 spiro atoms. The molecule has 1 rings (SSSR count). The van der Waals surface area contributed by atoms with Crippen LogP contribution in [0.15, 0.2) is 18.2 Å². The van der Waals surface area contributed by atoms with Gasteiger partial charge in [0, 0.05) is 4.43 Å². The van der Waals surface area contributed by atoms with Gasteiger partial charge in [-0.2, -0.15) is 0 Å². The van der Waals surface area contributed by atoms with Gasteiger partial charge in [-0.15, -0.1) is 0 Å². The molecule has 1 N–H and O–H groups in total. The second-order valence-corrected chi connectivity index (χ2v) is 3.30. The van der Waals surface area contributed by atoms with Crippen molar-refractivity contribution in [3.05, 3.63) is 34.9 Å². The van der Waals surface area contributed by atoms with Gasteiger partial charge in [0.2, 0.25) is 0 Å². The second kappa shape index (κ2) is 3.89. The molecule has 2 nitrogen and oxygen atoms in total. The van der Waals surface area contributed by atoms with Gasteiger partial charge in [-0.1, -0.05) is 34.7 Å². The third-order valence-corrected chi connectivity index (χ3v) is 2.54. The minimum Gasteiger partial charge on any atom is -0.478 e. The predicted molar refractivity (Wildman–Crippen MR) is 55.9 cm³/mol. The van der Waals surface area contributed by atoms with Gasteiger partial charge in [0.25, 0.3) is 0 Å². The van der Waals surface area contributed by atoms with Gasteiger partial charge in [0.05, 0.1) is 5.56 Å². The lowest BCUT2D eigenvalue weighted by molar-refractivity contribution is 0.0696. The summed E-state index contributed by atoms with van der Waals surface area (Å²) in [7, 11) is 0. The molecule has 0 fully saturated rings. The SMILES string of the molecule is Cc1cccc(C(=O)O)c1CI. The van der Waals surface area contributed by atoms with E-state index in [0.29, 0.717) is 5.56 Å². The van der Waals surface area contributed by atoms with Gasteiger partial charge in [-0.25, -0.2) is 4.79 Å². The van der Waals surface area contributed by atoms with Gasteiger partial charge in [-0.3, -0.25) is 0 Å². The lowest BCUT2D eigenvalue weighted by Crippen LogP contribution is -2.02. The maximum atomic E-state index is 10.7. The Kier molecular flexibility index (Phi) is 3.08. The van der Waals surface area contributed by atoms with Crippen molar-refractivity contribution >= 4 is 28.6 Å². The van der Waals surface area contributed by atoms with E-state index in [0.717, 1.165) is 15.6 Å². The van der Waals surface area contributed by atoms with E-state index in [-0.39, 0.29) is 0 Å². The fraction of sp³-hybridized carbons (Fsp3) is 0.222. The van der Waals surface area contributed by atoms with Crippen molar-refractivity contribution in [2.75, 3.05) is 0 Å². The Balaban J connectivity index is 3.27. The van der Waals surface area contributed by atoms with Crippen LogP contribution in [0.5, 0.6) is 0 Å². The minimum atomic E-state index is -0.842. The first-order chi connectivity index (χ1) is 5.66. The summed E-state index contributed by atoms with van der Waals surface area (Å²) in [6.07, 6.45) is 0. The molecular formula is C9H9IO2. The summed E-state index contributed by atoms with van der Waals surface area (Å²) < 4.78 is 0.742. The summed E-state index contributed by atoms with van der Waals surface area (Å²) in [6.45, 7) is 1.93. The van der Waals surface area contributed by atoms with Gasteiger partial charge in [0.1, 0.15) is 0 Å². The standard InChI is InChI=1S/C9H9IO2/c1-6-3-2-4-7(9(11)12)8(6)5-10/h2-4H,5H2,1H3,(H,11,12). The molecule has 0 aliphatic rings. The van der Waals surface area contributed by atoms with Crippen molar-refractivity contribution in [1.82, 2.24) is 0 Å². The van der Waals surface area contributed by atoms with Crippen molar-refractivity contribution in [1.29, 1.82) is 0 Å². The molecule has 64 valence electrons. The van der Waals surface area contributed by atoms with E-state index in [1.165, 1.54) is 0 Å². The molecule has 12 heavy (non-hydrogen) atoms. The molecule has 1 aromatic rings. The highest BCUT2D eigenvalue weighted by atomic mass is 127. The third-order valence-electron chi connectivity index (χ3n) is 1.77. The molecule has 0 atom stereocenters. The van der Waals surface area contributed by atoms with E-state index in [1.807, 2.05) is 13.0 Å². The molecule has 0 unspecified atom stereocenters. The number of carbonyl (C=O) groups is 1. The Morgan fingerprint density at radius 1 is 1.58 bits per heavy atom. The van der Waals surface area contributed by atoms with Crippen LogP contribution in [0.25, 0.3) is 0 Å². The summed E-state index contributed by atoms with van der Waals surface area (Å²) in [4.78, 5) is 10.7.